The van der Waals surface area contributed by atoms with Crippen molar-refractivity contribution >= 4 is 21.6 Å². The molecule has 0 saturated carbocycles. The van der Waals surface area contributed by atoms with E-state index in [1.54, 1.807) is 0 Å². The highest BCUT2D eigenvalue weighted by Crippen LogP contribution is 2.34. The fourth-order valence-electron chi connectivity index (χ4n) is 2.28. The van der Waals surface area contributed by atoms with Gasteiger partial charge in [0.05, 0.1) is 5.56 Å². The van der Waals surface area contributed by atoms with Gasteiger partial charge >= 0.3 is 6.18 Å². The quantitative estimate of drug-likeness (QED) is 0.902. The molecule has 1 N–H and O–H groups in total. The number of hydrogen-bond acceptors (Lipinski definition) is 2. The topological polar surface area (TPSA) is 15.3 Å². The van der Waals surface area contributed by atoms with Gasteiger partial charge in [0.25, 0.3) is 0 Å². The highest BCUT2D eigenvalue weighted by Gasteiger charge is 2.30. The van der Waals surface area contributed by atoms with Gasteiger partial charge in [-0.25, -0.2) is 0 Å². The minimum atomic E-state index is -4.30. The van der Waals surface area contributed by atoms with Gasteiger partial charge in [-0.3, -0.25) is 0 Å². The Morgan fingerprint density at radius 3 is 2.68 bits per heavy atom. The van der Waals surface area contributed by atoms with Crippen LogP contribution in [0.15, 0.2) is 22.7 Å². The maximum Gasteiger partial charge on any atom is 0.416 e. The van der Waals surface area contributed by atoms with E-state index in [1.165, 1.54) is 6.07 Å². The molecule has 2 rings (SSSR count). The van der Waals surface area contributed by atoms with Crippen molar-refractivity contribution in [3.05, 3.63) is 28.2 Å². The van der Waals surface area contributed by atoms with Crippen LogP contribution in [0, 0.1) is 5.92 Å². The van der Waals surface area contributed by atoms with Crippen LogP contribution in [0.4, 0.5) is 18.9 Å². The van der Waals surface area contributed by atoms with Crippen molar-refractivity contribution in [1.29, 1.82) is 0 Å². The first-order valence-electron chi connectivity index (χ1n) is 6.15. The van der Waals surface area contributed by atoms with Crippen molar-refractivity contribution in [2.24, 2.45) is 5.92 Å². The maximum atomic E-state index is 12.5. The SMILES string of the molecule is CN1CCC(CNc2ccc(C(F)(F)F)cc2Br)C1. The van der Waals surface area contributed by atoms with Crippen LogP contribution in [-0.4, -0.2) is 31.6 Å². The predicted molar refractivity (Wildman–Crippen MR) is 73.2 cm³/mol. The molecule has 0 aliphatic carbocycles. The molecule has 0 spiro atoms. The fourth-order valence-corrected chi connectivity index (χ4v) is 2.80. The van der Waals surface area contributed by atoms with Gasteiger partial charge in [-0.1, -0.05) is 0 Å². The van der Waals surface area contributed by atoms with Crippen LogP contribution in [0.5, 0.6) is 0 Å². The summed E-state index contributed by atoms with van der Waals surface area (Å²) in [5.41, 5.74) is 0.0769. The first kappa shape index (κ1) is 14.7. The van der Waals surface area contributed by atoms with E-state index in [4.69, 9.17) is 0 Å². The number of benzene rings is 1. The number of hydrogen-bond donors (Lipinski definition) is 1. The minimum absolute atomic E-state index is 0.452. The molecule has 0 radical (unpaired) electrons. The van der Waals surface area contributed by atoms with Crippen LogP contribution >= 0.6 is 15.9 Å². The minimum Gasteiger partial charge on any atom is -0.384 e. The highest BCUT2D eigenvalue weighted by atomic mass is 79.9. The van der Waals surface area contributed by atoms with Gasteiger partial charge in [0, 0.05) is 23.2 Å². The molecular formula is C13H16BrF3N2. The van der Waals surface area contributed by atoms with Crippen molar-refractivity contribution in [2.45, 2.75) is 12.6 Å². The zero-order chi connectivity index (χ0) is 14.0. The summed E-state index contributed by atoms with van der Waals surface area (Å²) >= 11 is 3.19. The van der Waals surface area contributed by atoms with E-state index < -0.39 is 11.7 Å². The second-order valence-corrected chi connectivity index (χ2v) is 5.84. The van der Waals surface area contributed by atoms with Crippen LogP contribution in [0.1, 0.15) is 12.0 Å². The lowest BCUT2D eigenvalue weighted by molar-refractivity contribution is -0.137. The summed E-state index contributed by atoms with van der Waals surface area (Å²) in [7, 11) is 2.08. The monoisotopic (exact) mass is 336 g/mol. The summed E-state index contributed by atoms with van der Waals surface area (Å²) in [6.07, 6.45) is -3.17. The normalized spacial score (nSPS) is 20.8. The van der Waals surface area contributed by atoms with Crippen molar-refractivity contribution in [3.63, 3.8) is 0 Å². The second-order valence-electron chi connectivity index (χ2n) is 4.99. The maximum absolute atomic E-state index is 12.5. The largest absolute Gasteiger partial charge is 0.416 e. The summed E-state index contributed by atoms with van der Waals surface area (Å²) in [4.78, 5) is 2.26. The lowest BCUT2D eigenvalue weighted by Gasteiger charge is -2.15. The summed E-state index contributed by atoms with van der Waals surface area (Å²) in [5.74, 6) is 0.555. The van der Waals surface area contributed by atoms with E-state index in [0.717, 1.165) is 38.2 Å². The lowest BCUT2D eigenvalue weighted by atomic mass is 10.1. The predicted octanol–water partition coefficient (Wildman–Crippen LogP) is 3.83. The van der Waals surface area contributed by atoms with E-state index >= 15 is 0 Å². The molecule has 0 amide bonds. The Bertz CT molecular complexity index is 448. The van der Waals surface area contributed by atoms with Gasteiger partial charge in [-0.2, -0.15) is 13.2 Å². The van der Waals surface area contributed by atoms with Crippen molar-refractivity contribution in [1.82, 2.24) is 4.90 Å². The van der Waals surface area contributed by atoms with E-state index in [0.29, 0.717) is 16.1 Å². The molecule has 1 atom stereocenters. The van der Waals surface area contributed by atoms with E-state index in [9.17, 15) is 13.2 Å². The van der Waals surface area contributed by atoms with Crippen LogP contribution in [0.25, 0.3) is 0 Å². The third-order valence-electron chi connectivity index (χ3n) is 3.37. The van der Waals surface area contributed by atoms with Crippen LogP contribution in [0.3, 0.4) is 0 Å². The summed E-state index contributed by atoms with van der Waals surface area (Å²) in [6.45, 7) is 2.90. The molecule has 1 saturated heterocycles. The molecular weight excluding hydrogens is 321 g/mol. The molecule has 0 aromatic heterocycles. The molecule has 1 heterocycles. The Morgan fingerprint density at radius 2 is 2.16 bits per heavy atom. The third kappa shape index (κ3) is 3.86. The average Bonchev–Trinajstić information content (AvgIpc) is 2.72. The molecule has 1 aromatic rings. The van der Waals surface area contributed by atoms with Gasteiger partial charge in [0.15, 0.2) is 0 Å². The zero-order valence-corrected chi connectivity index (χ0v) is 12.2. The lowest BCUT2D eigenvalue weighted by Crippen LogP contribution is -2.19. The first-order valence-corrected chi connectivity index (χ1v) is 6.94. The van der Waals surface area contributed by atoms with E-state index in [-0.39, 0.29) is 0 Å². The molecule has 1 aliphatic rings. The molecule has 19 heavy (non-hydrogen) atoms. The molecule has 0 bridgehead atoms. The van der Waals surface area contributed by atoms with Gasteiger partial charge in [0.2, 0.25) is 0 Å². The van der Waals surface area contributed by atoms with Gasteiger partial charge < -0.3 is 10.2 Å². The van der Waals surface area contributed by atoms with Gasteiger partial charge in [-0.05, 0) is 60.1 Å². The van der Waals surface area contributed by atoms with Crippen LogP contribution in [0.2, 0.25) is 0 Å². The Hall–Kier alpha value is -0.750. The molecule has 1 unspecified atom stereocenters. The second kappa shape index (κ2) is 5.71. The number of anilines is 1. The number of nitrogens with zero attached hydrogens (tertiary/aromatic N) is 1. The Morgan fingerprint density at radius 1 is 1.42 bits per heavy atom. The van der Waals surface area contributed by atoms with Crippen molar-refractivity contribution in [2.75, 3.05) is 32.0 Å². The Labute approximate surface area is 119 Å². The van der Waals surface area contributed by atoms with Crippen molar-refractivity contribution < 1.29 is 13.2 Å². The average molecular weight is 337 g/mol. The molecule has 106 valence electrons. The molecule has 1 aromatic carbocycles. The van der Waals surface area contributed by atoms with Crippen LogP contribution in [-0.2, 0) is 6.18 Å². The Kier molecular flexibility index (Phi) is 4.40. The standard InChI is InChI=1S/C13H16BrF3N2/c1-19-5-4-9(8-19)7-18-12-3-2-10(6-11(12)14)13(15,16)17/h2-3,6,9,18H,4-5,7-8H2,1H3. The van der Waals surface area contributed by atoms with Gasteiger partial charge in [0.1, 0.15) is 0 Å². The van der Waals surface area contributed by atoms with Gasteiger partial charge in [-0.15, -0.1) is 0 Å². The molecule has 6 heteroatoms. The van der Waals surface area contributed by atoms with Crippen LogP contribution < -0.4 is 5.32 Å². The molecule has 2 nitrogen and oxygen atoms in total. The highest BCUT2D eigenvalue weighted by molar-refractivity contribution is 9.10. The van der Waals surface area contributed by atoms with E-state index in [2.05, 4.69) is 33.2 Å². The summed E-state index contributed by atoms with van der Waals surface area (Å²) in [5, 5.41) is 3.21. The fraction of sp³-hybridized carbons (Fsp3) is 0.538. The number of halogens is 4. The molecule has 1 aliphatic heterocycles. The Balaban J connectivity index is 1.98. The summed E-state index contributed by atoms with van der Waals surface area (Å²) < 4.78 is 38.0. The summed E-state index contributed by atoms with van der Waals surface area (Å²) in [6, 6.07) is 3.70. The number of likely N-dealkylation sites (tertiary alicyclic amines) is 1. The van der Waals surface area contributed by atoms with E-state index in [1.807, 2.05) is 0 Å². The molecule has 1 fully saturated rings. The van der Waals surface area contributed by atoms with Crippen molar-refractivity contribution in [3.8, 4) is 0 Å². The third-order valence-corrected chi connectivity index (χ3v) is 4.02. The number of nitrogens with one attached hydrogen (secondary N) is 1. The smallest absolute Gasteiger partial charge is 0.384 e. The number of alkyl halides is 3. The number of rotatable bonds is 3. The zero-order valence-electron chi connectivity index (χ0n) is 10.6. The first-order chi connectivity index (χ1) is 8.86.